The molecule has 11 aromatic carbocycles. The summed E-state index contributed by atoms with van der Waals surface area (Å²) in [5.41, 5.74) is 15.9. The Kier molecular flexibility index (Phi) is 10.3. The average Bonchev–Trinajstić information content (AvgIpc) is 3.38. The number of rotatable bonds is 10. The van der Waals surface area contributed by atoms with Gasteiger partial charge in [-0.05, 0) is 117 Å². The summed E-state index contributed by atoms with van der Waals surface area (Å²) in [6, 6.07) is 96.7. The van der Waals surface area contributed by atoms with E-state index in [1.165, 1.54) is 22.3 Å². The Morgan fingerprint density at radius 2 is 0.359 bits per heavy atom. The molecule has 11 rings (SSSR count). The van der Waals surface area contributed by atoms with Crippen molar-refractivity contribution in [3.8, 4) is 44.5 Å². The predicted molar refractivity (Wildman–Crippen MR) is 273 cm³/mol. The van der Waals surface area contributed by atoms with Gasteiger partial charge in [0.2, 0.25) is 0 Å². The van der Waals surface area contributed by atoms with Crippen LogP contribution in [0.5, 0.6) is 0 Å². The Labute approximate surface area is 375 Å². The van der Waals surface area contributed by atoms with Gasteiger partial charge in [0.15, 0.2) is 0 Å². The third kappa shape index (κ3) is 7.17. The van der Waals surface area contributed by atoms with Crippen LogP contribution in [0.25, 0.3) is 66.1 Å². The Hall–Kier alpha value is -8.46. The van der Waals surface area contributed by atoms with Crippen LogP contribution in [-0.4, -0.2) is 0 Å². The molecular formula is C62H44N2. The first-order chi connectivity index (χ1) is 31.8. The average molecular weight is 817 g/mol. The largest absolute Gasteiger partial charge is 0.309 e. The Bertz CT molecular complexity index is 2870. The van der Waals surface area contributed by atoms with Crippen molar-refractivity contribution in [1.29, 1.82) is 0 Å². The molecule has 0 N–H and O–H groups in total. The molecule has 0 bridgehead atoms. The van der Waals surface area contributed by atoms with Gasteiger partial charge >= 0.3 is 0 Å². The summed E-state index contributed by atoms with van der Waals surface area (Å²) in [5.74, 6) is 0. The summed E-state index contributed by atoms with van der Waals surface area (Å²) in [4.78, 5) is 4.94. The molecule has 64 heavy (non-hydrogen) atoms. The second-order valence-corrected chi connectivity index (χ2v) is 16.1. The molecule has 0 aliphatic heterocycles. The summed E-state index contributed by atoms with van der Waals surface area (Å²) >= 11 is 0. The molecule has 11 aromatic rings. The maximum atomic E-state index is 2.47. The van der Waals surface area contributed by atoms with E-state index in [1.54, 1.807) is 0 Å². The van der Waals surface area contributed by atoms with Gasteiger partial charge in [-0.1, -0.05) is 194 Å². The van der Waals surface area contributed by atoms with Crippen LogP contribution in [0.3, 0.4) is 0 Å². The van der Waals surface area contributed by atoms with Crippen LogP contribution >= 0.6 is 0 Å². The minimum absolute atomic E-state index is 1.08. The molecule has 2 heteroatoms. The predicted octanol–water partition coefficient (Wildman–Crippen LogP) is 17.6. The van der Waals surface area contributed by atoms with Gasteiger partial charge in [0.05, 0.1) is 11.4 Å². The highest BCUT2D eigenvalue weighted by molar-refractivity contribution is 6.26. The van der Waals surface area contributed by atoms with Gasteiger partial charge in [0.25, 0.3) is 0 Å². The van der Waals surface area contributed by atoms with Crippen molar-refractivity contribution in [2.24, 2.45) is 0 Å². The van der Waals surface area contributed by atoms with Crippen molar-refractivity contribution in [2.75, 3.05) is 9.80 Å². The molecule has 0 aliphatic carbocycles. The molecule has 0 saturated carbocycles. The molecule has 0 heterocycles. The SMILES string of the molecule is c1ccc(-c2cc3c(N(c4ccccc4)c4ccccc4)c4cc(-c5ccccc5)c(-c5ccccc5)cc4c(N(c4ccccc4)c4ccccc4)c3cc2-c2ccccc2)cc1. The first kappa shape index (κ1) is 38.5. The van der Waals surface area contributed by atoms with Gasteiger partial charge in [-0.2, -0.15) is 0 Å². The van der Waals surface area contributed by atoms with Crippen LogP contribution < -0.4 is 9.80 Å². The zero-order valence-corrected chi connectivity index (χ0v) is 35.3. The lowest BCUT2D eigenvalue weighted by molar-refractivity contribution is 1.29. The van der Waals surface area contributed by atoms with E-state index < -0.39 is 0 Å². The second kappa shape index (κ2) is 17.1. The van der Waals surface area contributed by atoms with E-state index in [-0.39, 0.29) is 0 Å². The highest BCUT2D eigenvalue weighted by Crippen LogP contribution is 2.55. The molecule has 0 fully saturated rings. The molecule has 302 valence electrons. The zero-order valence-electron chi connectivity index (χ0n) is 35.3. The van der Waals surface area contributed by atoms with Crippen LogP contribution in [-0.2, 0) is 0 Å². The van der Waals surface area contributed by atoms with Crippen molar-refractivity contribution in [2.45, 2.75) is 0 Å². The van der Waals surface area contributed by atoms with Crippen molar-refractivity contribution < 1.29 is 0 Å². The van der Waals surface area contributed by atoms with Gasteiger partial charge in [-0.25, -0.2) is 0 Å². The molecular weight excluding hydrogens is 773 g/mol. The maximum absolute atomic E-state index is 2.47. The third-order valence-electron chi connectivity index (χ3n) is 12.2. The van der Waals surface area contributed by atoms with Gasteiger partial charge in [0, 0.05) is 44.3 Å². The zero-order chi connectivity index (χ0) is 42.7. The fourth-order valence-corrected chi connectivity index (χ4v) is 9.30. The number of nitrogens with zero attached hydrogens (tertiary/aromatic N) is 2. The van der Waals surface area contributed by atoms with Gasteiger partial charge in [0.1, 0.15) is 0 Å². The molecule has 0 unspecified atom stereocenters. The quantitative estimate of drug-likeness (QED) is 0.100. The summed E-state index contributed by atoms with van der Waals surface area (Å²) in [5, 5.41) is 4.54. The molecule has 0 radical (unpaired) electrons. The molecule has 0 atom stereocenters. The lowest BCUT2D eigenvalue weighted by Gasteiger charge is -2.34. The molecule has 0 amide bonds. The van der Waals surface area contributed by atoms with Crippen molar-refractivity contribution in [3.05, 3.63) is 267 Å². The molecule has 2 nitrogen and oxygen atoms in total. The topological polar surface area (TPSA) is 6.48 Å². The number of hydrogen-bond acceptors (Lipinski definition) is 2. The van der Waals surface area contributed by atoms with E-state index in [0.717, 1.165) is 77.9 Å². The number of anilines is 6. The van der Waals surface area contributed by atoms with Crippen LogP contribution in [0.15, 0.2) is 267 Å². The molecule has 0 aliphatic rings. The van der Waals surface area contributed by atoms with E-state index in [0.29, 0.717) is 0 Å². The van der Waals surface area contributed by atoms with Crippen molar-refractivity contribution in [1.82, 2.24) is 0 Å². The van der Waals surface area contributed by atoms with Crippen LogP contribution in [0.1, 0.15) is 0 Å². The number of fused-ring (bicyclic) bond motifs is 2. The summed E-state index contributed by atoms with van der Waals surface area (Å²) in [6.07, 6.45) is 0. The highest BCUT2D eigenvalue weighted by Gasteiger charge is 2.28. The van der Waals surface area contributed by atoms with Crippen molar-refractivity contribution >= 4 is 55.7 Å². The van der Waals surface area contributed by atoms with Gasteiger partial charge < -0.3 is 9.80 Å². The smallest absolute Gasteiger partial charge is 0.0620 e. The number of hydrogen-bond donors (Lipinski definition) is 0. The van der Waals surface area contributed by atoms with E-state index >= 15 is 0 Å². The second-order valence-electron chi connectivity index (χ2n) is 16.1. The first-order valence-corrected chi connectivity index (χ1v) is 21.9. The summed E-state index contributed by atoms with van der Waals surface area (Å²) in [6.45, 7) is 0. The van der Waals surface area contributed by atoms with Crippen LogP contribution in [0.2, 0.25) is 0 Å². The van der Waals surface area contributed by atoms with Gasteiger partial charge in [-0.15, -0.1) is 0 Å². The molecule has 0 aromatic heterocycles. The van der Waals surface area contributed by atoms with Gasteiger partial charge in [-0.3, -0.25) is 0 Å². The first-order valence-electron chi connectivity index (χ1n) is 21.9. The minimum atomic E-state index is 1.08. The van der Waals surface area contributed by atoms with Crippen molar-refractivity contribution in [3.63, 3.8) is 0 Å². The van der Waals surface area contributed by atoms with E-state index in [2.05, 4.69) is 277 Å². The maximum Gasteiger partial charge on any atom is 0.0620 e. The Balaban J connectivity index is 1.42. The fraction of sp³-hybridized carbons (Fsp3) is 0. The van der Waals surface area contributed by atoms with E-state index in [4.69, 9.17) is 0 Å². The monoisotopic (exact) mass is 816 g/mol. The number of benzene rings is 11. The standard InChI is InChI=1S/C62H44N2/c1-9-25-45(26-10-1)53-41-57-58(42-54(53)46-27-11-2-12-28-46)62(64(51-37-21-7-22-38-51)52-39-23-8-24-40-52)60-44-56(48-31-15-4-16-32-48)55(47-29-13-3-14-30-47)43-59(60)61(57)63(49-33-17-5-18-34-49)50-35-19-6-20-36-50/h1-44H. The summed E-state index contributed by atoms with van der Waals surface area (Å²) in [7, 11) is 0. The number of para-hydroxylation sites is 4. The lowest BCUT2D eigenvalue weighted by Crippen LogP contribution is -2.15. The molecule has 0 saturated heterocycles. The van der Waals surface area contributed by atoms with E-state index in [9.17, 15) is 0 Å². The normalized spacial score (nSPS) is 11.1. The molecule has 0 spiro atoms. The fourth-order valence-electron chi connectivity index (χ4n) is 9.30. The van der Waals surface area contributed by atoms with Crippen LogP contribution in [0.4, 0.5) is 34.1 Å². The lowest BCUT2D eigenvalue weighted by atomic mass is 9.85. The Morgan fingerprint density at radius 1 is 0.188 bits per heavy atom. The summed E-state index contributed by atoms with van der Waals surface area (Å²) < 4.78 is 0. The Morgan fingerprint density at radius 3 is 0.547 bits per heavy atom. The minimum Gasteiger partial charge on any atom is -0.309 e. The third-order valence-corrected chi connectivity index (χ3v) is 12.2. The van der Waals surface area contributed by atoms with Crippen LogP contribution in [0, 0.1) is 0 Å². The highest BCUT2D eigenvalue weighted by atomic mass is 15.2. The van der Waals surface area contributed by atoms with E-state index in [1.807, 2.05) is 0 Å².